The maximum atomic E-state index is 11.4. The first-order valence-electron chi connectivity index (χ1n) is 7.13. The molecule has 0 atom stereocenters. The van der Waals surface area contributed by atoms with Crippen molar-refractivity contribution in [3.05, 3.63) is 0 Å². The molecule has 6 heteroatoms. The number of primary sulfonamides is 1. The van der Waals surface area contributed by atoms with E-state index in [1.54, 1.807) is 0 Å². The molecule has 1 saturated carbocycles. The Hall–Kier alpha value is -0.170. The van der Waals surface area contributed by atoms with E-state index in [9.17, 15) is 8.42 Å². The minimum absolute atomic E-state index is 0.0375. The van der Waals surface area contributed by atoms with Crippen LogP contribution in [0.25, 0.3) is 0 Å². The maximum absolute atomic E-state index is 11.4. The molecule has 0 amide bonds. The van der Waals surface area contributed by atoms with Gasteiger partial charge >= 0.3 is 0 Å². The summed E-state index contributed by atoms with van der Waals surface area (Å²) in [7, 11) is -3.44. The third-order valence-corrected chi connectivity index (χ3v) is 4.57. The summed E-state index contributed by atoms with van der Waals surface area (Å²) in [4.78, 5) is 0. The van der Waals surface area contributed by atoms with Crippen molar-refractivity contribution in [2.45, 2.75) is 45.4 Å². The first kappa shape index (κ1) is 16.9. The Kier molecular flexibility index (Phi) is 7.28. The van der Waals surface area contributed by atoms with Gasteiger partial charge in [0.2, 0.25) is 10.0 Å². The van der Waals surface area contributed by atoms with Crippen LogP contribution in [0.4, 0.5) is 0 Å². The molecule has 1 aliphatic carbocycles. The van der Waals surface area contributed by atoms with Crippen LogP contribution >= 0.6 is 0 Å². The molecule has 1 rings (SSSR count). The van der Waals surface area contributed by atoms with Gasteiger partial charge in [-0.25, -0.2) is 13.6 Å². The van der Waals surface area contributed by atoms with Crippen LogP contribution in [-0.4, -0.2) is 40.6 Å². The topological polar surface area (TPSA) is 78.6 Å². The molecule has 1 aliphatic rings. The Morgan fingerprint density at radius 3 is 2.26 bits per heavy atom. The molecule has 0 bridgehead atoms. The van der Waals surface area contributed by atoms with E-state index in [1.165, 1.54) is 6.42 Å². The van der Waals surface area contributed by atoms with Crippen LogP contribution in [0.2, 0.25) is 0 Å². The molecule has 0 spiro atoms. The fourth-order valence-electron chi connectivity index (χ4n) is 2.71. The second-order valence-electron chi connectivity index (χ2n) is 5.53. The van der Waals surface area contributed by atoms with Crippen molar-refractivity contribution in [2.24, 2.45) is 10.6 Å². The summed E-state index contributed by atoms with van der Waals surface area (Å²) in [5, 5.41) is 5.21. The van der Waals surface area contributed by atoms with Gasteiger partial charge in [0.25, 0.3) is 0 Å². The Balaban J connectivity index is 2.37. The van der Waals surface area contributed by atoms with Gasteiger partial charge in [0, 0.05) is 12.0 Å². The van der Waals surface area contributed by atoms with E-state index in [0.29, 0.717) is 19.8 Å². The van der Waals surface area contributed by atoms with Crippen molar-refractivity contribution in [2.75, 3.05) is 32.2 Å². The highest BCUT2D eigenvalue weighted by Gasteiger charge is 2.35. The minimum atomic E-state index is -3.44. The van der Waals surface area contributed by atoms with E-state index in [0.717, 1.165) is 38.7 Å². The molecule has 0 aromatic rings. The number of sulfonamides is 1. The maximum Gasteiger partial charge on any atom is 0.209 e. The average molecular weight is 293 g/mol. The van der Waals surface area contributed by atoms with Gasteiger partial charge in [-0.1, -0.05) is 26.2 Å². The third kappa shape index (κ3) is 7.25. The largest absolute Gasteiger partial charge is 0.379 e. The van der Waals surface area contributed by atoms with Crippen molar-refractivity contribution in [1.82, 2.24) is 0 Å². The van der Waals surface area contributed by atoms with Gasteiger partial charge < -0.3 is 9.47 Å². The fourth-order valence-corrected chi connectivity index (χ4v) is 3.94. The van der Waals surface area contributed by atoms with Gasteiger partial charge in [0.1, 0.15) is 0 Å². The predicted molar refractivity (Wildman–Crippen MR) is 75.4 cm³/mol. The Labute approximate surface area is 116 Å². The van der Waals surface area contributed by atoms with Crippen LogP contribution in [-0.2, 0) is 19.5 Å². The molecular formula is C13H27NO4S. The van der Waals surface area contributed by atoms with Crippen LogP contribution < -0.4 is 5.14 Å². The Bertz CT molecular complexity index is 337. The molecule has 19 heavy (non-hydrogen) atoms. The van der Waals surface area contributed by atoms with E-state index >= 15 is 0 Å². The monoisotopic (exact) mass is 293 g/mol. The minimum Gasteiger partial charge on any atom is -0.379 e. The number of hydrogen-bond donors (Lipinski definition) is 1. The first-order chi connectivity index (χ1) is 8.97. The van der Waals surface area contributed by atoms with Crippen LogP contribution in [0.3, 0.4) is 0 Å². The van der Waals surface area contributed by atoms with E-state index in [4.69, 9.17) is 14.6 Å². The smallest absolute Gasteiger partial charge is 0.209 e. The quantitative estimate of drug-likeness (QED) is 0.656. The summed E-state index contributed by atoms with van der Waals surface area (Å²) in [6, 6.07) is 0. The SMILES string of the molecule is CCCOCCOCC1(CS(N)(=O)=O)CCCCC1. The fraction of sp³-hybridized carbons (Fsp3) is 1.00. The first-order valence-corrected chi connectivity index (χ1v) is 8.85. The van der Waals surface area contributed by atoms with Gasteiger partial charge in [-0.15, -0.1) is 0 Å². The average Bonchev–Trinajstić information content (AvgIpc) is 2.32. The molecule has 0 saturated heterocycles. The molecular weight excluding hydrogens is 266 g/mol. The third-order valence-electron chi connectivity index (χ3n) is 3.55. The van der Waals surface area contributed by atoms with Crippen molar-refractivity contribution < 1.29 is 17.9 Å². The normalized spacial score (nSPS) is 19.5. The summed E-state index contributed by atoms with van der Waals surface area (Å²) >= 11 is 0. The van der Waals surface area contributed by atoms with Gasteiger partial charge in [-0.05, 0) is 19.3 Å². The lowest BCUT2D eigenvalue weighted by Crippen LogP contribution is -2.39. The molecule has 2 N–H and O–H groups in total. The number of rotatable bonds is 9. The molecule has 114 valence electrons. The van der Waals surface area contributed by atoms with Crippen LogP contribution in [0.15, 0.2) is 0 Å². The Morgan fingerprint density at radius 1 is 1.05 bits per heavy atom. The standard InChI is InChI=1S/C13H27NO4S/c1-2-8-17-9-10-18-11-13(12-19(14,15)16)6-4-3-5-7-13/h2-12H2,1H3,(H2,14,15,16). The Morgan fingerprint density at radius 2 is 1.68 bits per heavy atom. The lowest BCUT2D eigenvalue weighted by molar-refractivity contribution is -0.000845. The highest BCUT2D eigenvalue weighted by atomic mass is 32.2. The zero-order valence-electron chi connectivity index (χ0n) is 11.9. The van der Waals surface area contributed by atoms with E-state index in [1.807, 2.05) is 0 Å². The number of ether oxygens (including phenoxy) is 2. The molecule has 5 nitrogen and oxygen atoms in total. The predicted octanol–water partition coefficient (Wildman–Crippen LogP) is 1.67. The second-order valence-corrected chi connectivity index (χ2v) is 7.15. The van der Waals surface area contributed by atoms with Crippen molar-refractivity contribution >= 4 is 10.0 Å². The number of nitrogens with two attached hydrogens (primary N) is 1. The van der Waals surface area contributed by atoms with Gasteiger partial charge in [-0.3, -0.25) is 0 Å². The lowest BCUT2D eigenvalue weighted by atomic mass is 9.76. The van der Waals surface area contributed by atoms with Crippen LogP contribution in [0, 0.1) is 5.41 Å². The van der Waals surface area contributed by atoms with Crippen LogP contribution in [0.5, 0.6) is 0 Å². The second kappa shape index (κ2) is 8.19. The lowest BCUT2D eigenvalue weighted by Gasteiger charge is -2.36. The number of hydrogen-bond acceptors (Lipinski definition) is 4. The highest BCUT2D eigenvalue weighted by molar-refractivity contribution is 7.89. The molecule has 0 radical (unpaired) electrons. The van der Waals surface area contributed by atoms with Gasteiger partial charge in [-0.2, -0.15) is 0 Å². The summed E-state index contributed by atoms with van der Waals surface area (Å²) in [6.07, 6.45) is 6.07. The van der Waals surface area contributed by atoms with Gasteiger partial charge in [0.15, 0.2) is 0 Å². The van der Waals surface area contributed by atoms with Crippen molar-refractivity contribution in [1.29, 1.82) is 0 Å². The summed E-state index contributed by atoms with van der Waals surface area (Å²) in [5.74, 6) is 0.0375. The highest BCUT2D eigenvalue weighted by Crippen LogP contribution is 2.37. The molecule has 0 unspecified atom stereocenters. The molecule has 0 heterocycles. The van der Waals surface area contributed by atoms with E-state index in [2.05, 4.69) is 6.92 Å². The zero-order chi connectivity index (χ0) is 14.2. The van der Waals surface area contributed by atoms with Gasteiger partial charge in [0.05, 0.1) is 25.6 Å². The van der Waals surface area contributed by atoms with E-state index < -0.39 is 10.0 Å². The molecule has 0 aliphatic heterocycles. The van der Waals surface area contributed by atoms with E-state index in [-0.39, 0.29) is 11.2 Å². The summed E-state index contributed by atoms with van der Waals surface area (Å²) < 4.78 is 33.7. The molecule has 1 fully saturated rings. The van der Waals surface area contributed by atoms with Crippen LogP contribution in [0.1, 0.15) is 45.4 Å². The zero-order valence-corrected chi connectivity index (χ0v) is 12.7. The van der Waals surface area contributed by atoms with Crippen molar-refractivity contribution in [3.63, 3.8) is 0 Å². The molecule has 0 aromatic carbocycles. The van der Waals surface area contributed by atoms with Crippen molar-refractivity contribution in [3.8, 4) is 0 Å². The summed E-state index contributed by atoms with van der Waals surface area (Å²) in [6.45, 7) is 4.36. The summed E-state index contributed by atoms with van der Waals surface area (Å²) in [5.41, 5.74) is -0.281. The molecule has 0 aromatic heterocycles.